The van der Waals surface area contributed by atoms with Crippen molar-refractivity contribution < 1.29 is 5.11 Å². The van der Waals surface area contributed by atoms with Crippen LogP contribution in [0.15, 0.2) is 24.3 Å². The second-order valence-electron chi connectivity index (χ2n) is 5.83. The fourth-order valence-corrected chi connectivity index (χ4v) is 2.75. The van der Waals surface area contributed by atoms with Gasteiger partial charge in [0.2, 0.25) is 0 Å². The molecule has 1 aromatic rings. The number of rotatable bonds is 7. The van der Waals surface area contributed by atoms with Crippen LogP contribution in [-0.4, -0.2) is 22.6 Å². The zero-order valence-corrected chi connectivity index (χ0v) is 13.1. The summed E-state index contributed by atoms with van der Waals surface area (Å²) in [5.74, 6) is 1.01. The van der Waals surface area contributed by atoms with Crippen molar-refractivity contribution in [2.24, 2.45) is 5.92 Å². The summed E-state index contributed by atoms with van der Waals surface area (Å²) in [6, 6.07) is 8.67. The second-order valence-corrected chi connectivity index (χ2v) is 5.83. The smallest absolute Gasteiger partial charge is 0.115 e. The molecule has 0 saturated heterocycles. The van der Waals surface area contributed by atoms with E-state index in [2.05, 4.69) is 39.5 Å². The lowest BCUT2D eigenvalue weighted by atomic mass is 10.00. The van der Waals surface area contributed by atoms with E-state index in [-0.39, 0.29) is 0 Å². The number of hydrogen-bond donors (Lipinski definition) is 1. The molecule has 0 fully saturated rings. The average molecular weight is 263 g/mol. The summed E-state index contributed by atoms with van der Waals surface area (Å²) < 4.78 is 0. The summed E-state index contributed by atoms with van der Waals surface area (Å²) >= 11 is 0. The Morgan fingerprint density at radius 1 is 1.00 bits per heavy atom. The van der Waals surface area contributed by atoms with E-state index in [0.717, 1.165) is 6.54 Å². The molecule has 0 amide bonds. The maximum absolute atomic E-state index is 9.41. The fourth-order valence-electron chi connectivity index (χ4n) is 2.75. The van der Waals surface area contributed by atoms with Gasteiger partial charge >= 0.3 is 0 Å². The van der Waals surface area contributed by atoms with Gasteiger partial charge in [-0.15, -0.1) is 0 Å². The first-order valence-electron chi connectivity index (χ1n) is 7.54. The van der Waals surface area contributed by atoms with Crippen LogP contribution >= 0.6 is 0 Å². The van der Waals surface area contributed by atoms with Gasteiger partial charge in [0, 0.05) is 18.6 Å². The molecule has 108 valence electrons. The maximum Gasteiger partial charge on any atom is 0.115 e. The van der Waals surface area contributed by atoms with Crippen molar-refractivity contribution in [3.05, 3.63) is 29.8 Å². The third-order valence-electron chi connectivity index (χ3n) is 3.86. The predicted octanol–water partition coefficient (Wildman–Crippen LogP) is 4.60. The Hall–Kier alpha value is -1.02. The summed E-state index contributed by atoms with van der Waals surface area (Å²) in [6.45, 7) is 12.5. The third-order valence-corrected chi connectivity index (χ3v) is 3.86. The zero-order valence-electron chi connectivity index (χ0n) is 13.1. The Morgan fingerprint density at radius 2 is 1.53 bits per heavy atom. The minimum atomic E-state index is 0.342. The van der Waals surface area contributed by atoms with Crippen LogP contribution < -0.4 is 0 Å². The molecule has 0 aliphatic carbocycles. The van der Waals surface area contributed by atoms with E-state index in [1.54, 1.807) is 12.1 Å². The summed E-state index contributed by atoms with van der Waals surface area (Å²) in [7, 11) is 0. The number of nitrogens with zero attached hydrogens (tertiary/aromatic N) is 1. The van der Waals surface area contributed by atoms with Crippen molar-refractivity contribution in [3.63, 3.8) is 0 Å². The maximum atomic E-state index is 9.41. The van der Waals surface area contributed by atoms with E-state index >= 15 is 0 Å². The molecule has 0 radical (unpaired) electrons. The highest BCUT2D eigenvalue weighted by molar-refractivity contribution is 5.27. The Labute approximate surface area is 118 Å². The first-order chi connectivity index (χ1) is 8.99. The largest absolute Gasteiger partial charge is 0.508 e. The standard InChI is InChI=1S/C17H29NO/c1-6-16(7-2)18(12-13(3)4)14(5)15-8-10-17(19)11-9-15/h8-11,13-14,16,19H,6-7,12H2,1-5H3. The van der Waals surface area contributed by atoms with Crippen molar-refractivity contribution in [3.8, 4) is 5.75 Å². The molecule has 1 rings (SSSR count). The SMILES string of the molecule is CCC(CC)N(CC(C)C)C(C)c1ccc(O)cc1. The predicted molar refractivity (Wildman–Crippen MR) is 82.4 cm³/mol. The van der Waals surface area contributed by atoms with E-state index in [4.69, 9.17) is 0 Å². The molecule has 1 unspecified atom stereocenters. The van der Waals surface area contributed by atoms with Crippen molar-refractivity contribution in [2.45, 2.75) is 59.5 Å². The summed E-state index contributed by atoms with van der Waals surface area (Å²) in [4.78, 5) is 2.61. The summed E-state index contributed by atoms with van der Waals surface area (Å²) in [6.07, 6.45) is 2.37. The Bertz CT molecular complexity index is 354. The molecule has 1 N–H and O–H groups in total. The van der Waals surface area contributed by atoms with Crippen molar-refractivity contribution >= 4 is 0 Å². The van der Waals surface area contributed by atoms with Crippen LogP contribution in [0.3, 0.4) is 0 Å². The van der Waals surface area contributed by atoms with E-state index in [1.165, 1.54) is 18.4 Å². The molecule has 0 bridgehead atoms. The monoisotopic (exact) mass is 263 g/mol. The van der Waals surface area contributed by atoms with Gasteiger partial charge in [-0.05, 0) is 43.4 Å². The number of phenolic OH excluding ortho intramolecular Hbond substituents is 1. The molecule has 1 aromatic carbocycles. The summed E-state index contributed by atoms with van der Waals surface area (Å²) in [5, 5.41) is 9.41. The van der Waals surface area contributed by atoms with Gasteiger partial charge in [-0.25, -0.2) is 0 Å². The van der Waals surface area contributed by atoms with Crippen LogP contribution in [0.1, 0.15) is 59.1 Å². The quantitative estimate of drug-likeness (QED) is 0.777. The molecule has 0 heterocycles. The third kappa shape index (κ3) is 4.54. The highest BCUT2D eigenvalue weighted by Crippen LogP contribution is 2.27. The van der Waals surface area contributed by atoms with E-state index < -0.39 is 0 Å². The lowest BCUT2D eigenvalue weighted by Gasteiger charge is -2.37. The molecule has 0 aromatic heterocycles. The van der Waals surface area contributed by atoms with Crippen LogP contribution in [0, 0.1) is 5.92 Å². The molecule has 2 nitrogen and oxygen atoms in total. The molecule has 0 aliphatic heterocycles. The van der Waals surface area contributed by atoms with Crippen molar-refractivity contribution in [1.29, 1.82) is 0 Å². The lowest BCUT2D eigenvalue weighted by molar-refractivity contribution is 0.118. The molecular weight excluding hydrogens is 234 g/mol. The number of aromatic hydroxyl groups is 1. The van der Waals surface area contributed by atoms with Gasteiger partial charge in [0.25, 0.3) is 0 Å². The molecule has 2 heteroatoms. The topological polar surface area (TPSA) is 23.5 Å². The van der Waals surface area contributed by atoms with Crippen molar-refractivity contribution in [2.75, 3.05) is 6.54 Å². The first-order valence-corrected chi connectivity index (χ1v) is 7.54. The van der Waals surface area contributed by atoms with E-state index in [9.17, 15) is 5.11 Å². The highest BCUT2D eigenvalue weighted by atomic mass is 16.3. The van der Waals surface area contributed by atoms with E-state index in [0.29, 0.717) is 23.8 Å². The van der Waals surface area contributed by atoms with Crippen LogP contribution in [0.4, 0.5) is 0 Å². The van der Waals surface area contributed by atoms with Gasteiger partial charge in [-0.3, -0.25) is 4.90 Å². The molecular formula is C17H29NO. The van der Waals surface area contributed by atoms with Gasteiger partial charge in [0.1, 0.15) is 5.75 Å². The molecule has 0 aliphatic rings. The molecule has 1 atom stereocenters. The minimum absolute atomic E-state index is 0.342. The van der Waals surface area contributed by atoms with Crippen LogP contribution in [0.2, 0.25) is 0 Å². The van der Waals surface area contributed by atoms with Crippen LogP contribution in [0.25, 0.3) is 0 Å². The van der Waals surface area contributed by atoms with Crippen LogP contribution in [0.5, 0.6) is 5.75 Å². The molecule has 19 heavy (non-hydrogen) atoms. The zero-order chi connectivity index (χ0) is 14.4. The van der Waals surface area contributed by atoms with Gasteiger partial charge in [-0.2, -0.15) is 0 Å². The lowest BCUT2D eigenvalue weighted by Crippen LogP contribution is -2.39. The van der Waals surface area contributed by atoms with Gasteiger partial charge in [-0.1, -0.05) is 39.8 Å². The highest BCUT2D eigenvalue weighted by Gasteiger charge is 2.22. The molecule has 0 saturated carbocycles. The Kier molecular flexibility index (Phi) is 6.36. The Balaban J connectivity index is 2.92. The number of phenols is 1. The number of benzene rings is 1. The molecule has 0 spiro atoms. The second kappa shape index (κ2) is 7.54. The Morgan fingerprint density at radius 3 is 1.95 bits per heavy atom. The van der Waals surface area contributed by atoms with Gasteiger partial charge in [0.05, 0.1) is 0 Å². The van der Waals surface area contributed by atoms with E-state index in [1.807, 2.05) is 12.1 Å². The number of hydrogen-bond acceptors (Lipinski definition) is 2. The average Bonchev–Trinajstić information content (AvgIpc) is 2.38. The normalized spacial score (nSPS) is 13.5. The van der Waals surface area contributed by atoms with Gasteiger partial charge in [0.15, 0.2) is 0 Å². The van der Waals surface area contributed by atoms with Crippen LogP contribution in [-0.2, 0) is 0 Å². The first kappa shape index (κ1) is 16.0. The minimum Gasteiger partial charge on any atom is -0.508 e. The fraction of sp³-hybridized carbons (Fsp3) is 0.647. The van der Waals surface area contributed by atoms with Crippen molar-refractivity contribution in [1.82, 2.24) is 4.90 Å². The summed E-state index contributed by atoms with van der Waals surface area (Å²) in [5.41, 5.74) is 1.28. The van der Waals surface area contributed by atoms with Gasteiger partial charge < -0.3 is 5.11 Å².